The van der Waals surface area contributed by atoms with Crippen LogP contribution in [0, 0.1) is 12.7 Å². The van der Waals surface area contributed by atoms with Gasteiger partial charge in [-0.15, -0.1) is 0 Å². The highest BCUT2D eigenvalue weighted by atomic mass is 19.1. The molecule has 1 aliphatic heterocycles. The fraction of sp³-hybridized carbons (Fsp3) is 0.625. The smallest absolute Gasteiger partial charge is 0.123 e. The Hall–Kier alpha value is -0.930. The number of halogens is 1. The van der Waals surface area contributed by atoms with E-state index < -0.39 is 0 Å². The Morgan fingerprint density at radius 1 is 1.37 bits per heavy atom. The fourth-order valence-corrected chi connectivity index (χ4v) is 2.61. The molecule has 1 saturated heterocycles. The quantitative estimate of drug-likeness (QED) is 0.764. The van der Waals surface area contributed by atoms with Crippen LogP contribution in [0.3, 0.4) is 0 Å². The van der Waals surface area contributed by atoms with Crippen molar-refractivity contribution in [3.8, 4) is 0 Å². The summed E-state index contributed by atoms with van der Waals surface area (Å²) in [6, 6.07) is 5.03. The monoisotopic (exact) mass is 265 g/mol. The maximum atomic E-state index is 13.0. The van der Waals surface area contributed by atoms with Gasteiger partial charge in [0.1, 0.15) is 5.82 Å². The summed E-state index contributed by atoms with van der Waals surface area (Å²) in [5.74, 6) is -0.147. The molecule has 1 atom stereocenters. The summed E-state index contributed by atoms with van der Waals surface area (Å²) in [5, 5.41) is 3.45. The maximum absolute atomic E-state index is 13.0. The Morgan fingerprint density at radius 2 is 2.26 bits per heavy atom. The van der Waals surface area contributed by atoms with E-state index in [1.165, 1.54) is 31.2 Å². The second kappa shape index (κ2) is 7.61. The Morgan fingerprint density at radius 3 is 3.00 bits per heavy atom. The Balaban J connectivity index is 1.56. The van der Waals surface area contributed by atoms with Crippen LogP contribution in [-0.4, -0.2) is 25.8 Å². The summed E-state index contributed by atoms with van der Waals surface area (Å²) >= 11 is 0. The molecule has 0 radical (unpaired) electrons. The minimum atomic E-state index is -0.147. The van der Waals surface area contributed by atoms with Crippen molar-refractivity contribution < 1.29 is 9.13 Å². The van der Waals surface area contributed by atoms with Gasteiger partial charge < -0.3 is 10.1 Å². The molecular weight excluding hydrogens is 241 g/mol. The first-order chi connectivity index (χ1) is 9.25. The molecule has 0 aromatic heterocycles. The zero-order valence-electron chi connectivity index (χ0n) is 11.8. The first-order valence-electron chi connectivity index (χ1n) is 7.33. The second-order valence-electron chi connectivity index (χ2n) is 5.35. The van der Waals surface area contributed by atoms with Crippen molar-refractivity contribution in [2.75, 3.05) is 19.7 Å². The topological polar surface area (TPSA) is 21.3 Å². The summed E-state index contributed by atoms with van der Waals surface area (Å²) in [6.07, 6.45) is 6.26. The lowest BCUT2D eigenvalue weighted by Crippen LogP contribution is -2.20. The van der Waals surface area contributed by atoms with E-state index >= 15 is 0 Å². The summed E-state index contributed by atoms with van der Waals surface area (Å²) in [6.45, 7) is 4.91. The average molecular weight is 265 g/mol. The first kappa shape index (κ1) is 14.5. The molecule has 106 valence electrons. The lowest BCUT2D eigenvalue weighted by molar-refractivity contribution is 0.102. The van der Waals surface area contributed by atoms with Gasteiger partial charge in [-0.1, -0.05) is 6.07 Å². The molecule has 1 fully saturated rings. The van der Waals surface area contributed by atoms with E-state index in [0.717, 1.165) is 31.7 Å². The SMILES string of the molecule is Cc1cc(F)ccc1CCNCCCC1CCCO1. The summed E-state index contributed by atoms with van der Waals surface area (Å²) in [5.41, 5.74) is 2.27. The maximum Gasteiger partial charge on any atom is 0.123 e. The molecular formula is C16H24FNO. The van der Waals surface area contributed by atoms with Gasteiger partial charge in [-0.2, -0.15) is 0 Å². The van der Waals surface area contributed by atoms with Crippen LogP contribution < -0.4 is 5.32 Å². The van der Waals surface area contributed by atoms with Crippen molar-refractivity contribution in [1.82, 2.24) is 5.32 Å². The molecule has 1 aromatic rings. The van der Waals surface area contributed by atoms with Gasteiger partial charge >= 0.3 is 0 Å². The highest BCUT2D eigenvalue weighted by Crippen LogP contribution is 2.16. The zero-order valence-corrected chi connectivity index (χ0v) is 11.8. The molecule has 1 aliphatic rings. The number of hydrogen-bond acceptors (Lipinski definition) is 2. The molecule has 0 amide bonds. The van der Waals surface area contributed by atoms with Crippen molar-refractivity contribution in [1.29, 1.82) is 0 Å². The Bertz CT molecular complexity index is 388. The molecule has 0 saturated carbocycles. The zero-order chi connectivity index (χ0) is 13.5. The number of nitrogens with one attached hydrogen (secondary N) is 1. The molecule has 1 unspecified atom stereocenters. The van der Waals surface area contributed by atoms with Crippen LogP contribution in [-0.2, 0) is 11.2 Å². The largest absolute Gasteiger partial charge is 0.378 e. The van der Waals surface area contributed by atoms with Gasteiger partial charge in [-0.05, 0) is 75.4 Å². The van der Waals surface area contributed by atoms with E-state index in [-0.39, 0.29) is 5.82 Å². The molecule has 2 rings (SSSR count). The van der Waals surface area contributed by atoms with E-state index in [0.29, 0.717) is 6.10 Å². The van der Waals surface area contributed by atoms with Crippen LogP contribution >= 0.6 is 0 Å². The van der Waals surface area contributed by atoms with Crippen LogP contribution in [0.5, 0.6) is 0 Å². The summed E-state index contributed by atoms with van der Waals surface area (Å²) in [7, 11) is 0. The lowest BCUT2D eigenvalue weighted by Gasteiger charge is -2.10. The number of benzene rings is 1. The summed E-state index contributed by atoms with van der Waals surface area (Å²) < 4.78 is 18.5. The fourth-order valence-electron chi connectivity index (χ4n) is 2.61. The number of rotatable bonds is 7. The van der Waals surface area contributed by atoms with Crippen molar-refractivity contribution in [2.24, 2.45) is 0 Å². The van der Waals surface area contributed by atoms with Crippen molar-refractivity contribution in [2.45, 2.75) is 45.1 Å². The van der Waals surface area contributed by atoms with Gasteiger partial charge in [0, 0.05) is 6.61 Å². The molecule has 0 spiro atoms. The first-order valence-corrected chi connectivity index (χ1v) is 7.33. The molecule has 0 aliphatic carbocycles. The second-order valence-corrected chi connectivity index (χ2v) is 5.35. The molecule has 0 bridgehead atoms. The Kier molecular flexibility index (Phi) is 5.80. The van der Waals surface area contributed by atoms with Crippen LogP contribution in [0.4, 0.5) is 4.39 Å². The average Bonchev–Trinajstić information content (AvgIpc) is 2.89. The van der Waals surface area contributed by atoms with Gasteiger partial charge in [0.15, 0.2) is 0 Å². The minimum absolute atomic E-state index is 0.147. The van der Waals surface area contributed by atoms with E-state index in [4.69, 9.17) is 4.74 Å². The minimum Gasteiger partial charge on any atom is -0.378 e. The Labute approximate surface area is 115 Å². The molecule has 19 heavy (non-hydrogen) atoms. The highest BCUT2D eigenvalue weighted by Gasteiger charge is 2.14. The van der Waals surface area contributed by atoms with E-state index in [1.807, 2.05) is 13.0 Å². The van der Waals surface area contributed by atoms with Gasteiger partial charge in [0.25, 0.3) is 0 Å². The molecule has 1 heterocycles. The predicted octanol–water partition coefficient (Wildman–Crippen LogP) is 3.23. The standard InChI is InChI=1S/C16H24FNO/c1-13-12-15(17)7-6-14(13)8-10-18-9-2-4-16-5-3-11-19-16/h6-7,12,16,18H,2-5,8-11H2,1H3. The summed E-state index contributed by atoms with van der Waals surface area (Å²) in [4.78, 5) is 0. The van der Waals surface area contributed by atoms with Gasteiger partial charge in [-0.25, -0.2) is 4.39 Å². The third-order valence-electron chi connectivity index (χ3n) is 3.78. The van der Waals surface area contributed by atoms with Gasteiger partial charge in [-0.3, -0.25) is 0 Å². The third kappa shape index (κ3) is 4.92. The third-order valence-corrected chi connectivity index (χ3v) is 3.78. The normalized spacial score (nSPS) is 18.9. The van der Waals surface area contributed by atoms with Gasteiger partial charge in [0.2, 0.25) is 0 Å². The van der Waals surface area contributed by atoms with Gasteiger partial charge in [0.05, 0.1) is 6.10 Å². The molecule has 3 heteroatoms. The van der Waals surface area contributed by atoms with Crippen LogP contribution in [0.25, 0.3) is 0 Å². The highest BCUT2D eigenvalue weighted by molar-refractivity contribution is 5.26. The van der Waals surface area contributed by atoms with E-state index in [9.17, 15) is 4.39 Å². The van der Waals surface area contributed by atoms with Crippen molar-refractivity contribution in [3.63, 3.8) is 0 Å². The lowest BCUT2D eigenvalue weighted by atomic mass is 10.1. The molecule has 1 N–H and O–H groups in total. The number of aryl methyl sites for hydroxylation is 1. The molecule has 1 aromatic carbocycles. The van der Waals surface area contributed by atoms with Crippen LogP contribution in [0.15, 0.2) is 18.2 Å². The predicted molar refractivity (Wildman–Crippen MR) is 75.9 cm³/mol. The molecule has 2 nitrogen and oxygen atoms in total. The van der Waals surface area contributed by atoms with Crippen LogP contribution in [0.1, 0.15) is 36.8 Å². The number of ether oxygens (including phenoxy) is 1. The van der Waals surface area contributed by atoms with Crippen molar-refractivity contribution >= 4 is 0 Å². The van der Waals surface area contributed by atoms with E-state index in [1.54, 1.807) is 12.1 Å². The van der Waals surface area contributed by atoms with Crippen LogP contribution in [0.2, 0.25) is 0 Å². The van der Waals surface area contributed by atoms with E-state index in [2.05, 4.69) is 5.32 Å². The van der Waals surface area contributed by atoms with Crippen molar-refractivity contribution in [3.05, 3.63) is 35.1 Å². The number of hydrogen-bond donors (Lipinski definition) is 1.